The summed E-state index contributed by atoms with van der Waals surface area (Å²) in [6.07, 6.45) is 70.2. The van der Waals surface area contributed by atoms with Crippen LogP contribution < -0.4 is 0 Å². The molecule has 0 saturated heterocycles. The molecule has 0 amide bonds. The summed E-state index contributed by atoms with van der Waals surface area (Å²) in [5.41, 5.74) is 1.45. The van der Waals surface area contributed by atoms with Crippen molar-refractivity contribution in [3.63, 3.8) is 0 Å². The maximum Gasteiger partial charge on any atom is 0.0344 e. The van der Waals surface area contributed by atoms with E-state index in [4.69, 9.17) is 0 Å². The Morgan fingerprint density at radius 3 is 0.646 bits per heavy atom. The van der Waals surface area contributed by atoms with E-state index >= 15 is 0 Å². The average Bonchev–Trinajstić information content (AvgIpc) is 3.32. The second kappa shape index (κ2) is 53.6. The first-order valence-electron chi connectivity index (χ1n) is 30.1. The van der Waals surface area contributed by atoms with E-state index < -0.39 is 0 Å². The number of thioether (sulfide) groups is 3. The van der Waals surface area contributed by atoms with E-state index in [-0.39, 0.29) is 0 Å². The van der Waals surface area contributed by atoms with Gasteiger partial charge in [-0.1, -0.05) is 310 Å². The topological polar surface area (TPSA) is 0 Å². The van der Waals surface area contributed by atoms with Crippen LogP contribution in [0.3, 0.4) is 0 Å². The lowest BCUT2D eigenvalue weighted by atomic mass is 10.0. The molecule has 0 aromatic heterocycles. The first-order valence-corrected chi connectivity index (χ1v) is 33.1. The molecule has 0 aliphatic rings. The van der Waals surface area contributed by atoms with Gasteiger partial charge < -0.3 is 0 Å². The van der Waals surface area contributed by atoms with Crippen molar-refractivity contribution in [2.75, 3.05) is 17.3 Å². The quantitative estimate of drug-likeness (QED) is 0.0472. The van der Waals surface area contributed by atoms with Gasteiger partial charge in [0.15, 0.2) is 0 Å². The number of unbranched alkanes of at least 4 members (excludes halogenated alkanes) is 45. The van der Waals surface area contributed by atoms with E-state index in [1.54, 1.807) is 14.7 Å². The van der Waals surface area contributed by atoms with Gasteiger partial charge in [0.05, 0.1) is 0 Å². The number of benzene rings is 1. The Morgan fingerprint density at radius 2 is 0.446 bits per heavy atom. The molecule has 0 atom stereocenters. The smallest absolute Gasteiger partial charge is 0.0344 e. The Hall–Kier alpha value is 0.270. The van der Waals surface area contributed by atoms with Crippen molar-refractivity contribution < 1.29 is 0 Å². The van der Waals surface area contributed by atoms with Gasteiger partial charge in [-0.25, -0.2) is 0 Å². The molecule has 1 rings (SSSR count). The van der Waals surface area contributed by atoms with Crippen LogP contribution in [0.15, 0.2) is 26.8 Å². The van der Waals surface area contributed by atoms with Gasteiger partial charge in [-0.15, -0.1) is 35.3 Å². The lowest BCUT2D eigenvalue weighted by molar-refractivity contribution is 0.531. The molecule has 0 nitrogen and oxygen atoms in total. The van der Waals surface area contributed by atoms with Gasteiger partial charge in [-0.3, -0.25) is 0 Å². The fourth-order valence-electron chi connectivity index (χ4n) is 9.62. The van der Waals surface area contributed by atoms with Crippen LogP contribution in [0.4, 0.5) is 0 Å². The van der Waals surface area contributed by atoms with Gasteiger partial charge in [0.1, 0.15) is 0 Å². The van der Waals surface area contributed by atoms with E-state index in [1.807, 2.05) is 0 Å². The Morgan fingerprint density at radius 1 is 0.262 bits per heavy atom. The lowest BCUT2D eigenvalue weighted by Crippen LogP contribution is -1.94. The van der Waals surface area contributed by atoms with E-state index in [2.05, 4.69) is 75.1 Å². The van der Waals surface area contributed by atoms with Gasteiger partial charge >= 0.3 is 0 Å². The highest BCUT2D eigenvalue weighted by molar-refractivity contribution is 8.03. The van der Waals surface area contributed by atoms with Crippen molar-refractivity contribution in [3.8, 4) is 0 Å². The van der Waals surface area contributed by atoms with Crippen molar-refractivity contribution in [2.45, 2.75) is 350 Å². The molecule has 1 aromatic carbocycles. The van der Waals surface area contributed by atoms with Crippen LogP contribution in [0.25, 0.3) is 0 Å². The summed E-state index contributed by atoms with van der Waals surface area (Å²) in [5, 5.41) is 0. The molecule has 0 N–H and O–H groups in total. The summed E-state index contributed by atoms with van der Waals surface area (Å²) < 4.78 is 0. The minimum absolute atomic E-state index is 0.906. The molecule has 3 heteroatoms. The maximum atomic E-state index is 4.36. The first kappa shape index (κ1) is 63.3. The highest BCUT2D eigenvalue weighted by Crippen LogP contribution is 2.41. The van der Waals surface area contributed by atoms with Gasteiger partial charge in [0, 0.05) is 14.7 Å². The van der Waals surface area contributed by atoms with Crippen LogP contribution in [0.1, 0.15) is 335 Å². The molecule has 0 unspecified atom stereocenters. The van der Waals surface area contributed by atoms with Crippen LogP contribution in [-0.4, -0.2) is 17.3 Å². The molecule has 65 heavy (non-hydrogen) atoms. The summed E-state index contributed by atoms with van der Waals surface area (Å²) in [6.45, 7) is 11.3. The molecule has 0 spiro atoms. The molecule has 0 aliphatic heterocycles. The summed E-state index contributed by atoms with van der Waals surface area (Å²) in [6, 6.07) is 5.05. The predicted molar refractivity (Wildman–Crippen MR) is 306 cm³/mol. The van der Waals surface area contributed by atoms with E-state index in [9.17, 15) is 0 Å². The minimum atomic E-state index is 0.906. The largest absolute Gasteiger partial charge is 0.125 e. The van der Waals surface area contributed by atoms with Crippen LogP contribution in [0, 0.1) is 6.92 Å². The summed E-state index contributed by atoms with van der Waals surface area (Å²) >= 11 is 6.54. The lowest BCUT2D eigenvalue weighted by Gasteiger charge is -2.16. The Kier molecular flexibility index (Phi) is 52.2. The average molecular weight is 959 g/mol. The highest BCUT2D eigenvalue weighted by Gasteiger charge is 2.13. The van der Waals surface area contributed by atoms with Gasteiger partial charge in [-0.2, -0.15) is 0 Å². The maximum absolute atomic E-state index is 4.36. The monoisotopic (exact) mass is 958 g/mol. The van der Waals surface area contributed by atoms with Crippen molar-refractivity contribution in [3.05, 3.63) is 24.6 Å². The van der Waals surface area contributed by atoms with Crippen molar-refractivity contribution >= 4 is 35.3 Å². The fourth-order valence-corrected chi connectivity index (χ4v) is 13.4. The van der Waals surface area contributed by atoms with Crippen LogP contribution in [-0.2, 0) is 6.42 Å². The van der Waals surface area contributed by atoms with Gasteiger partial charge in [0.2, 0.25) is 0 Å². The molecule has 0 fully saturated rings. The Bertz CT molecular complexity index is 993. The van der Waals surface area contributed by atoms with Crippen molar-refractivity contribution in [2.24, 2.45) is 0 Å². The van der Waals surface area contributed by atoms with Crippen molar-refractivity contribution in [1.29, 1.82) is 0 Å². The zero-order valence-electron chi connectivity index (χ0n) is 44.9. The Labute approximate surface area is 424 Å². The summed E-state index contributed by atoms with van der Waals surface area (Å²) in [5.74, 6) is 3.82. The molecule has 1 radical (unpaired) electrons. The number of hydrogen-bond acceptors (Lipinski definition) is 3. The van der Waals surface area contributed by atoms with Gasteiger partial charge in [0.25, 0.3) is 0 Å². The molecular formula is C62H117S3. The van der Waals surface area contributed by atoms with Crippen LogP contribution in [0.2, 0.25) is 0 Å². The third kappa shape index (κ3) is 44.0. The molecule has 1 aromatic rings. The first-order chi connectivity index (χ1) is 32.3. The summed E-state index contributed by atoms with van der Waals surface area (Å²) in [4.78, 5) is 4.76. The molecule has 0 bridgehead atoms. The molecule has 0 aliphatic carbocycles. The normalized spacial score (nSPS) is 11.7. The third-order valence-electron chi connectivity index (χ3n) is 14.1. The van der Waals surface area contributed by atoms with Crippen LogP contribution >= 0.6 is 35.3 Å². The second-order valence-electron chi connectivity index (χ2n) is 20.6. The predicted octanol–water partition coefficient (Wildman–Crippen LogP) is 24.1. The van der Waals surface area contributed by atoms with Crippen molar-refractivity contribution in [1.82, 2.24) is 0 Å². The Balaban J connectivity index is 2.40. The van der Waals surface area contributed by atoms with E-state index in [0.29, 0.717) is 0 Å². The zero-order valence-corrected chi connectivity index (χ0v) is 47.3. The molecular weight excluding hydrogens is 841 g/mol. The minimum Gasteiger partial charge on any atom is -0.125 e. The highest BCUT2D eigenvalue weighted by atomic mass is 32.2. The summed E-state index contributed by atoms with van der Waals surface area (Å²) in [7, 11) is 0. The molecule has 0 heterocycles. The fraction of sp³-hybridized carbons (Fsp3) is 0.887. The van der Waals surface area contributed by atoms with Crippen LogP contribution in [0.5, 0.6) is 0 Å². The number of rotatable bonds is 55. The molecule has 383 valence electrons. The molecule has 0 saturated carbocycles. The van der Waals surface area contributed by atoms with E-state index in [1.165, 1.54) is 331 Å². The zero-order chi connectivity index (χ0) is 46.6. The SMILES string of the molecule is [CH2]Cc1cc(SCCCCCCCCCCCCCCCCCC)c(SCCCCCCCCCCCCCCCCCC)c(SCCCCCCCCCCCCCCCCCC)c1. The number of hydrogen-bond donors (Lipinski definition) is 0. The van der Waals surface area contributed by atoms with E-state index in [0.717, 1.165) is 6.42 Å². The second-order valence-corrected chi connectivity index (χ2v) is 24.0. The van der Waals surface area contributed by atoms with Gasteiger partial charge in [-0.05, 0) is 67.6 Å². The standard InChI is InChI=1S/C62H117S3/c1-5-9-12-15-18-21-24-27-30-33-36-39-42-45-48-51-54-63-60-57-59(8-4)58-61(64-55-52-49-46-43-40-37-34-31-28-25-22-19-16-13-10-6-2)62(60)65-56-53-50-47-44-41-38-35-32-29-26-23-20-17-14-11-7-3/h57-58H,4-56H2,1-3H3. The third-order valence-corrected chi connectivity index (χ3v) is 17.9.